The van der Waals surface area contributed by atoms with Crippen LogP contribution in [-0.2, 0) is 0 Å². The van der Waals surface area contributed by atoms with Crippen molar-refractivity contribution in [3.05, 3.63) is 35.5 Å². The Labute approximate surface area is 102 Å². The van der Waals surface area contributed by atoms with Crippen molar-refractivity contribution in [3.8, 4) is 5.69 Å². The van der Waals surface area contributed by atoms with Gasteiger partial charge in [-0.05, 0) is 18.2 Å². The predicted octanol–water partition coefficient (Wildman–Crippen LogP) is 2.20. The summed E-state index contributed by atoms with van der Waals surface area (Å²) in [6.45, 7) is 0. The van der Waals surface area contributed by atoms with Gasteiger partial charge < -0.3 is 10.8 Å². The first kappa shape index (κ1) is 11.3. The molecule has 2 rings (SSSR count). The third-order valence-electron chi connectivity index (χ3n) is 2.06. The van der Waals surface area contributed by atoms with E-state index in [1.54, 1.807) is 24.3 Å². The van der Waals surface area contributed by atoms with Crippen molar-refractivity contribution in [1.82, 2.24) is 9.78 Å². The molecule has 0 fully saturated rings. The molecule has 1 aromatic carbocycles. The van der Waals surface area contributed by atoms with Gasteiger partial charge in [0, 0.05) is 5.02 Å². The Morgan fingerprint density at radius 1 is 1.53 bits per heavy atom. The second kappa shape index (κ2) is 4.34. The molecule has 1 amide bonds. The van der Waals surface area contributed by atoms with Crippen molar-refractivity contribution in [1.29, 1.82) is 0 Å². The molecule has 0 saturated heterocycles. The van der Waals surface area contributed by atoms with Crippen LogP contribution < -0.4 is 11.1 Å². The summed E-state index contributed by atoms with van der Waals surface area (Å²) in [6, 6.07) is 6.97. The van der Waals surface area contributed by atoms with Gasteiger partial charge in [-0.2, -0.15) is 0 Å². The van der Waals surface area contributed by atoms with Crippen LogP contribution in [0, 0.1) is 0 Å². The second-order valence-corrected chi connectivity index (χ2v) is 3.72. The third-order valence-corrected chi connectivity index (χ3v) is 2.29. The first-order valence-corrected chi connectivity index (χ1v) is 5.05. The van der Waals surface area contributed by atoms with Gasteiger partial charge in [0.15, 0.2) is 5.82 Å². The minimum Gasteiger partial charge on any atom is -0.465 e. The summed E-state index contributed by atoms with van der Waals surface area (Å²) in [6.07, 6.45) is 0.289. The molecule has 4 N–H and O–H groups in total. The average Bonchev–Trinajstić information content (AvgIpc) is 2.59. The highest BCUT2D eigenvalue weighted by molar-refractivity contribution is 6.30. The molecule has 6 nitrogen and oxygen atoms in total. The molecule has 0 saturated carbocycles. The molecule has 0 aliphatic rings. The lowest BCUT2D eigenvalue weighted by molar-refractivity contribution is 0.210. The van der Waals surface area contributed by atoms with E-state index >= 15 is 0 Å². The van der Waals surface area contributed by atoms with E-state index in [9.17, 15) is 4.79 Å². The van der Waals surface area contributed by atoms with Crippen LogP contribution in [0.25, 0.3) is 5.69 Å². The smallest absolute Gasteiger partial charge is 0.409 e. The highest BCUT2D eigenvalue weighted by atomic mass is 35.5. The van der Waals surface area contributed by atoms with Gasteiger partial charge in [0.2, 0.25) is 0 Å². The van der Waals surface area contributed by atoms with E-state index in [1.807, 2.05) is 0 Å². The fourth-order valence-electron chi connectivity index (χ4n) is 1.35. The molecule has 2 aromatic rings. The SMILES string of the molecule is Nc1nn(-c2cccc(Cl)c2)cc1NC(=O)O. The minimum absolute atomic E-state index is 0.104. The van der Waals surface area contributed by atoms with Crippen LogP contribution in [-0.4, -0.2) is 21.0 Å². The number of halogens is 1. The number of rotatable bonds is 2. The second-order valence-electron chi connectivity index (χ2n) is 3.28. The Balaban J connectivity index is 2.37. The zero-order chi connectivity index (χ0) is 12.4. The zero-order valence-corrected chi connectivity index (χ0v) is 9.35. The molecule has 0 bridgehead atoms. The van der Waals surface area contributed by atoms with Gasteiger partial charge in [0.1, 0.15) is 5.69 Å². The number of hydrogen-bond acceptors (Lipinski definition) is 3. The van der Waals surface area contributed by atoms with Crippen molar-refractivity contribution >= 4 is 29.2 Å². The summed E-state index contributed by atoms with van der Waals surface area (Å²) in [7, 11) is 0. The number of carbonyl (C=O) groups is 1. The number of amides is 1. The lowest BCUT2D eigenvalue weighted by Crippen LogP contribution is -2.07. The maximum atomic E-state index is 10.5. The van der Waals surface area contributed by atoms with Gasteiger partial charge in [0.05, 0.1) is 11.9 Å². The van der Waals surface area contributed by atoms with E-state index in [0.29, 0.717) is 10.7 Å². The van der Waals surface area contributed by atoms with Gasteiger partial charge in [0.25, 0.3) is 0 Å². The van der Waals surface area contributed by atoms with E-state index in [2.05, 4.69) is 10.4 Å². The van der Waals surface area contributed by atoms with Crippen molar-refractivity contribution in [2.75, 3.05) is 11.1 Å². The normalized spacial score (nSPS) is 10.2. The first-order valence-electron chi connectivity index (χ1n) is 4.67. The topological polar surface area (TPSA) is 93.2 Å². The van der Waals surface area contributed by atoms with E-state index in [4.69, 9.17) is 22.4 Å². The molecule has 0 radical (unpaired) electrons. The molecule has 1 heterocycles. The van der Waals surface area contributed by atoms with E-state index in [-0.39, 0.29) is 11.5 Å². The molecule has 0 atom stereocenters. The number of aromatic nitrogens is 2. The molecule has 17 heavy (non-hydrogen) atoms. The number of carboxylic acid groups (broad SMARTS) is 1. The molecule has 1 aromatic heterocycles. The fourth-order valence-corrected chi connectivity index (χ4v) is 1.53. The van der Waals surface area contributed by atoms with Crippen LogP contribution in [0.5, 0.6) is 0 Å². The predicted molar refractivity (Wildman–Crippen MR) is 64.6 cm³/mol. The number of nitrogens with one attached hydrogen (secondary N) is 1. The third kappa shape index (κ3) is 2.48. The summed E-state index contributed by atoms with van der Waals surface area (Å²) >= 11 is 5.84. The summed E-state index contributed by atoms with van der Waals surface area (Å²) in [5, 5.41) is 15.3. The fraction of sp³-hybridized carbons (Fsp3) is 0. The number of nitrogens with zero attached hydrogens (tertiary/aromatic N) is 2. The van der Waals surface area contributed by atoms with Crippen molar-refractivity contribution in [2.24, 2.45) is 0 Å². The van der Waals surface area contributed by atoms with Crippen LogP contribution in [0.15, 0.2) is 30.5 Å². The average molecular weight is 253 g/mol. The number of nitrogen functional groups attached to an aromatic ring is 1. The Morgan fingerprint density at radius 3 is 2.94 bits per heavy atom. The number of anilines is 2. The molecule has 7 heteroatoms. The van der Waals surface area contributed by atoms with Crippen LogP contribution in [0.4, 0.5) is 16.3 Å². The lowest BCUT2D eigenvalue weighted by atomic mass is 10.3. The summed E-state index contributed by atoms with van der Waals surface area (Å²) in [5.74, 6) is 0.104. The van der Waals surface area contributed by atoms with E-state index < -0.39 is 6.09 Å². The molecule has 0 aliphatic heterocycles. The van der Waals surface area contributed by atoms with E-state index in [1.165, 1.54) is 10.9 Å². The highest BCUT2D eigenvalue weighted by Gasteiger charge is 2.09. The minimum atomic E-state index is -1.19. The Kier molecular flexibility index (Phi) is 2.88. The van der Waals surface area contributed by atoms with Gasteiger partial charge in [-0.25, -0.2) is 9.48 Å². The molecule has 0 unspecified atom stereocenters. The standard InChI is InChI=1S/C10H9ClN4O2/c11-6-2-1-3-7(4-6)15-5-8(9(12)14-15)13-10(16)17/h1-5,13H,(H2,12,14)(H,16,17). The molecular weight excluding hydrogens is 244 g/mol. The number of hydrogen-bond donors (Lipinski definition) is 3. The Bertz CT molecular complexity index is 567. The quantitative estimate of drug-likeness (QED) is 0.764. The monoisotopic (exact) mass is 252 g/mol. The van der Waals surface area contributed by atoms with Gasteiger partial charge in [-0.1, -0.05) is 17.7 Å². The van der Waals surface area contributed by atoms with E-state index in [0.717, 1.165) is 0 Å². The maximum Gasteiger partial charge on any atom is 0.409 e. The molecule has 88 valence electrons. The van der Waals surface area contributed by atoms with Gasteiger partial charge in [-0.3, -0.25) is 5.32 Å². The van der Waals surface area contributed by atoms with Crippen molar-refractivity contribution in [3.63, 3.8) is 0 Å². The number of benzene rings is 1. The van der Waals surface area contributed by atoms with Gasteiger partial charge in [-0.15, -0.1) is 5.10 Å². The maximum absolute atomic E-state index is 10.5. The van der Waals surface area contributed by atoms with Crippen LogP contribution in [0.1, 0.15) is 0 Å². The van der Waals surface area contributed by atoms with Crippen LogP contribution in [0.2, 0.25) is 5.02 Å². The number of nitrogens with two attached hydrogens (primary N) is 1. The van der Waals surface area contributed by atoms with Crippen LogP contribution >= 0.6 is 11.6 Å². The largest absolute Gasteiger partial charge is 0.465 e. The van der Waals surface area contributed by atoms with Crippen molar-refractivity contribution in [2.45, 2.75) is 0 Å². The van der Waals surface area contributed by atoms with Crippen molar-refractivity contribution < 1.29 is 9.90 Å². The van der Waals surface area contributed by atoms with Crippen LogP contribution in [0.3, 0.4) is 0 Å². The summed E-state index contributed by atoms with van der Waals surface area (Å²) < 4.78 is 1.45. The lowest BCUT2D eigenvalue weighted by Gasteiger charge is -2.00. The first-order chi connectivity index (χ1) is 8.06. The Hall–Kier alpha value is -2.21. The summed E-state index contributed by atoms with van der Waals surface area (Å²) in [5.41, 5.74) is 6.50. The Morgan fingerprint density at radius 2 is 2.29 bits per heavy atom. The summed E-state index contributed by atoms with van der Waals surface area (Å²) in [4.78, 5) is 10.5. The highest BCUT2D eigenvalue weighted by Crippen LogP contribution is 2.20. The van der Waals surface area contributed by atoms with Gasteiger partial charge >= 0.3 is 6.09 Å². The molecule has 0 aliphatic carbocycles. The molecular formula is C10H9ClN4O2. The zero-order valence-electron chi connectivity index (χ0n) is 8.59. The molecule has 0 spiro atoms.